The van der Waals surface area contributed by atoms with Crippen LogP contribution >= 0.6 is 0 Å². The molecule has 0 bridgehead atoms. The second kappa shape index (κ2) is 5.56. The molecule has 0 spiro atoms. The Labute approximate surface area is 129 Å². The van der Waals surface area contributed by atoms with E-state index in [9.17, 15) is 17.9 Å². The van der Waals surface area contributed by atoms with E-state index in [2.05, 4.69) is 0 Å². The molecular formula is C15H20FNO4S. The van der Waals surface area contributed by atoms with Gasteiger partial charge in [0.2, 0.25) is 10.0 Å². The number of benzene rings is 1. The third kappa shape index (κ3) is 2.46. The van der Waals surface area contributed by atoms with Gasteiger partial charge in [0.05, 0.1) is 13.2 Å². The molecule has 2 heterocycles. The lowest BCUT2D eigenvalue weighted by molar-refractivity contribution is -0.0552. The average molecular weight is 329 g/mol. The van der Waals surface area contributed by atoms with Gasteiger partial charge in [-0.1, -0.05) is 6.07 Å². The van der Waals surface area contributed by atoms with Gasteiger partial charge < -0.3 is 9.84 Å². The molecule has 0 aromatic heterocycles. The van der Waals surface area contributed by atoms with Gasteiger partial charge in [0, 0.05) is 25.1 Å². The molecule has 2 aliphatic rings. The second-order valence-electron chi connectivity index (χ2n) is 6.29. The van der Waals surface area contributed by atoms with Crippen molar-refractivity contribution in [3.63, 3.8) is 0 Å². The molecule has 0 saturated carbocycles. The van der Waals surface area contributed by atoms with Gasteiger partial charge in [-0.05, 0) is 37.0 Å². The molecule has 1 aromatic rings. The highest BCUT2D eigenvalue weighted by Gasteiger charge is 2.51. The molecule has 2 atom stereocenters. The van der Waals surface area contributed by atoms with Crippen LogP contribution in [0.5, 0.6) is 0 Å². The normalized spacial score (nSPS) is 29.5. The summed E-state index contributed by atoms with van der Waals surface area (Å²) < 4.78 is 46.3. The highest BCUT2D eigenvalue weighted by atomic mass is 32.2. The van der Waals surface area contributed by atoms with Crippen LogP contribution in [0.1, 0.15) is 12.0 Å². The van der Waals surface area contributed by atoms with E-state index >= 15 is 0 Å². The molecule has 2 aliphatic heterocycles. The third-order valence-electron chi connectivity index (χ3n) is 4.80. The Bertz CT molecular complexity index is 678. The van der Waals surface area contributed by atoms with Gasteiger partial charge >= 0.3 is 0 Å². The summed E-state index contributed by atoms with van der Waals surface area (Å²) >= 11 is 0. The van der Waals surface area contributed by atoms with Crippen LogP contribution in [0.3, 0.4) is 0 Å². The minimum atomic E-state index is -3.91. The van der Waals surface area contributed by atoms with Crippen molar-refractivity contribution in [2.24, 2.45) is 11.3 Å². The lowest BCUT2D eigenvalue weighted by Gasteiger charge is -2.36. The van der Waals surface area contributed by atoms with Gasteiger partial charge in [0.1, 0.15) is 10.7 Å². The van der Waals surface area contributed by atoms with Crippen LogP contribution in [-0.4, -0.2) is 50.7 Å². The van der Waals surface area contributed by atoms with Crippen molar-refractivity contribution in [2.45, 2.75) is 18.2 Å². The quantitative estimate of drug-likeness (QED) is 0.903. The summed E-state index contributed by atoms with van der Waals surface area (Å²) in [6.07, 6.45) is 0.711. The number of rotatable bonds is 3. The van der Waals surface area contributed by atoms with Crippen molar-refractivity contribution in [3.8, 4) is 0 Å². The summed E-state index contributed by atoms with van der Waals surface area (Å²) in [5, 5.41) is 9.73. The Morgan fingerprint density at radius 1 is 1.50 bits per heavy atom. The van der Waals surface area contributed by atoms with E-state index in [1.807, 2.05) is 0 Å². The maximum absolute atomic E-state index is 14.0. The number of fused-ring (bicyclic) bond motifs is 1. The summed E-state index contributed by atoms with van der Waals surface area (Å²) in [6.45, 7) is 2.99. The Morgan fingerprint density at radius 3 is 2.95 bits per heavy atom. The number of halogens is 1. The molecule has 0 radical (unpaired) electrons. The van der Waals surface area contributed by atoms with Crippen molar-refractivity contribution in [1.82, 2.24) is 4.31 Å². The number of ether oxygens (including phenoxy) is 1. The molecule has 2 fully saturated rings. The van der Waals surface area contributed by atoms with Crippen LogP contribution in [-0.2, 0) is 14.8 Å². The topological polar surface area (TPSA) is 66.8 Å². The number of hydrogen-bond acceptors (Lipinski definition) is 4. The Hall–Kier alpha value is -1.02. The number of hydrogen-bond donors (Lipinski definition) is 1. The van der Waals surface area contributed by atoms with Crippen molar-refractivity contribution >= 4 is 10.0 Å². The molecule has 1 aromatic carbocycles. The lowest BCUT2D eigenvalue weighted by atomic mass is 9.76. The first-order valence-corrected chi connectivity index (χ1v) is 8.78. The lowest BCUT2D eigenvalue weighted by Crippen LogP contribution is -2.43. The summed E-state index contributed by atoms with van der Waals surface area (Å²) in [7, 11) is -3.91. The van der Waals surface area contributed by atoms with E-state index in [4.69, 9.17) is 4.74 Å². The first-order valence-electron chi connectivity index (χ1n) is 7.34. The van der Waals surface area contributed by atoms with Crippen molar-refractivity contribution in [3.05, 3.63) is 29.6 Å². The van der Waals surface area contributed by atoms with Gasteiger partial charge in [0.25, 0.3) is 0 Å². The predicted octanol–water partition coefficient (Wildman–Crippen LogP) is 1.15. The highest BCUT2D eigenvalue weighted by molar-refractivity contribution is 7.89. The number of aryl methyl sites for hydroxylation is 1. The van der Waals surface area contributed by atoms with Crippen molar-refractivity contribution in [2.75, 3.05) is 32.9 Å². The molecule has 22 heavy (non-hydrogen) atoms. The van der Waals surface area contributed by atoms with E-state index in [0.29, 0.717) is 31.7 Å². The van der Waals surface area contributed by atoms with Crippen LogP contribution < -0.4 is 0 Å². The second-order valence-corrected chi connectivity index (χ2v) is 8.20. The Kier molecular flexibility index (Phi) is 4.01. The zero-order valence-corrected chi connectivity index (χ0v) is 13.3. The molecule has 3 rings (SSSR count). The standard InChI is InChI=1S/C15H20FNO4S/c1-11-2-3-13(16)14(6-11)22(19,20)17-7-12-4-5-21-10-15(12,8-17)9-18/h2-3,6,12,18H,4-5,7-10H2,1H3/t12-,15+/m0/s1. The van der Waals surface area contributed by atoms with E-state index in [-0.39, 0.29) is 24.0 Å². The first-order chi connectivity index (χ1) is 10.4. The number of aliphatic hydroxyl groups is 1. The summed E-state index contributed by atoms with van der Waals surface area (Å²) in [5.74, 6) is -0.691. The average Bonchev–Trinajstić information content (AvgIpc) is 2.90. The molecule has 2 saturated heterocycles. The molecule has 1 N–H and O–H groups in total. The summed E-state index contributed by atoms with van der Waals surface area (Å²) in [5.41, 5.74) is 0.128. The van der Waals surface area contributed by atoms with E-state index in [1.54, 1.807) is 13.0 Å². The van der Waals surface area contributed by atoms with Crippen LogP contribution in [0.25, 0.3) is 0 Å². The SMILES string of the molecule is Cc1ccc(F)c(S(=O)(=O)N2C[C@@H]3CCOC[C@]3(CO)C2)c1. The van der Waals surface area contributed by atoms with Gasteiger partial charge in [-0.25, -0.2) is 12.8 Å². The van der Waals surface area contributed by atoms with Crippen LogP contribution in [0.15, 0.2) is 23.1 Å². The number of nitrogens with zero attached hydrogens (tertiary/aromatic N) is 1. The highest BCUT2D eigenvalue weighted by Crippen LogP contribution is 2.43. The monoisotopic (exact) mass is 329 g/mol. The number of sulfonamides is 1. The fraction of sp³-hybridized carbons (Fsp3) is 0.600. The molecule has 5 nitrogen and oxygen atoms in total. The zero-order valence-electron chi connectivity index (χ0n) is 12.5. The minimum Gasteiger partial charge on any atom is -0.396 e. The molecule has 0 aliphatic carbocycles. The van der Waals surface area contributed by atoms with Crippen LogP contribution in [0.2, 0.25) is 0 Å². The molecular weight excluding hydrogens is 309 g/mol. The van der Waals surface area contributed by atoms with E-state index in [1.165, 1.54) is 16.4 Å². The van der Waals surface area contributed by atoms with Crippen LogP contribution in [0, 0.1) is 24.1 Å². The maximum Gasteiger partial charge on any atom is 0.246 e. The molecule has 122 valence electrons. The van der Waals surface area contributed by atoms with Gasteiger partial charge in [0.15, 0.2) is 0 Å². The van der Waals surface area contributed by atoms with Crippen molar-refractivity contribution in [1.29, 1.82) is 0 Å². The van der Waals surface area contributed by atoms with Gasteiger partial charge in [-0.15, -0.1) is 0 Å². The Balaban J connectivity index is 1.95. The predicted molar refractivity (Wildman–Crippen MR) is 78.3 cm³/mol. The van der Waals surface area contributed by atoms with Crippen molar-refractivity contribution < 1.29 is 22.7 Å². The smallest absolute Gasteiger partial charge is 0.246 e. The van der Waals surface area contributed by atoms with Crippen LogP contribution in [0.4, 0.5) is 4.39 Å². The molecule has 0 unspecified atom stereocenters. The van der Waals surface area contributed by atoms with E-state index in [0.717, 1.165) is 0 Å². The minimum absolute atomic E-state index is 0.0499. The molecule has 7 heteroatoms. The largest absolute Gasteiger partial charge is 0.396 e. The fourth-order valence-corrected chi connectivity index (χ4v) is 5.13. The first kappa shape index (κ1) is 15.9. The summed E-state index contributed by atoms with van der Waals surface area (Å²) in [4.78, 5) is -0.292. The third-order valence-corrected chi connectivity index (χ3v) is 6.63. The number of aliphatic hydroxyl groups excluding tert-OH is 1. The maximum atomic E-state index is 14.0. The van der Waals surface area contributed by atoms with Gasteiger partial charge in [-0.2, -0.15) is 4.31 Å². The molecule has 0 amide bonds. The van der Waals surface area contributed by atoms with E-state index < -0.39 is 21.3 Å². The zero-order chi connectivity index (χ0) is 16.0. The summed E-state index contributed by atoms with van der Waals surface area (Å²) in [6, 6.07) is 4.08. The van der Waals surface area contributed by atoms with Gasteiger partial charge in [-0.3, -0.25) is 0 Å². The fourth-order valence-electron chi connectivity index (χ4n) is 3.40. The Morgan fingerprint density at radius 2 is 2.27 bits per heavy atom.